The molecule has 0 fully saturated rings. The van der Waals surface area contributed by atoms with E-state index in [0.717, 1.165) is 0 Å². The smallest absolute Gasteiger partial charge is 0.269 e. The molecule has 3 aromatic carbocycles. The minimum absolute atomic E-state index is 0.0869. The van der Waals surface area contributed by atoms with Crippen molar-refractivity contribution in [1.82, 2.24) is 10.9 Å². The van der Waals surface area contributed by atoms with E-state index in [9.17, 15) is 14.4 Å². The van der Waals surface area contributed by atoms with Crippen molar-refractivity contribution in [2.24, 2.45) is 0 Å². The van der Waals surface area contributed by atoms with Crippen LogP contribution in [0.5, 0.6) is 28.7 Å². The number of ether oxygens (including phenoxy) is 5. The minimum atomic E-state index is -0.576. The number of hydrogen-bond acceptors (Lipinski definition) is 8. The van der Waals surface area contributed by atoms with Gasteiger partial charge in [0.1, 0.15) is 0 Å². The van der Waals surface area contributed by atoms with Crippen LogP contribution in [0.15, 0.2) is 54.6 Å². The number of nitrogens with one attached hydrogen (secondary N) is 3. The van der Waals surface area contributed by atoms with Crippen molar-refractivity contribution in [2.45, 2.75) is 0 Å². The fourth-order valence-corrected chi connectivity index (χ4v) is 3.45. The van der Waals surface area contributed by atoms with Gasteiger partial charge >= 0.3 is 0 Å². The van der Waals surface area contributed by atoms with Crippen LogP contribution in [-0.2, 0) is 0 Å². The Morgan fingerprint density at radius 1 is 0.694 bits per heavy atom. The molecule has 36 heavy (non-hydrogen) atoms. The predicted octanol–water partition coefficient (Wildman–Crippen LogP) is 2.77. The lowest BCUT2D eigenvalue weighted by Gasteiger charge is -2.14. The summed E-state index contributed by atoms with van der Waals surface area (Å²) in [6.45, 7) is 0.0869. The third kappa shape index (κ3) is 5.09. The Bertz CT molecular complexity index is 1300. The van der Waals surface area contributed by atoms with Crippen molar-refractivity contribution in [3.63, 3.8) is 0 Å². The predicted molar refractivity (Wildman–Crippen MR) is 128 cm³/mol. The van der Waals surface area contributed by atoms with Crippen LogP contribution < -0.4 is 39.9 Å². The van der Waals surface area contributed by atoms with E-state index < -0.39 is 17.7 Å². The molecule has 1 aliphatic rings. The van der Waals surface area contributed by atoms with Crippen LogP contribution >= 0.6 is 0 Å². The topological polar surface area (TPSA) is 133 Å². The molecule has 0 unspecified atom stereocenters. The number of hydrogen-bond donors (Lipinski definition) is 3. The van der Waals surface area contributed by atoms with Crippen LogP contribution in [0.3, 0.4) is 0 Å². The monoisotopic (exact) mass is 493 g/mol. The number of anilines is 1. The van der Waals surface area contributed by atoms with Gasteiger partial charge in [-0.15, -0.1) is 0 Å². The lowest BCUT2D eigenvalue weighted by atomic mass is 10.1. The van der Waals surface area contributed by atoms with Gasteiger partial charge in [-0.05, 0) is 48.5 Å². The number of rotatable bonds is 7. The third-order valence-corrected chi connectivity index (χ3v) is 5.23. The molecule has 3 amide bonds. The molecular formula is C25H23N3O8. The van der Waals surface area contributed by atoms with E-state index in [4.69, 9.17) is 23.7 Å². The van der Waals surface area contributed by atoms with E-state index in [2.05, 4.69) is 16.2 Å². The van der Waals surface area contributed by atoms with Gasteiger partial charge in [0.2, 0.25) is 12.5 Å². The van der Waals surface area contributed by atoms with Gasteiger partial charge in [-0.25, -0.2) is 0 Å². The Hall–Kier alpha value is -4.93. The zero-order chi connectivity index (χ0) is 25.7. The Morgan fingerprint density at radius 3 is 1.97 bits per heavy atom. The number of methoxy groups -OCH3 is 3. The van der Waals surface area contributed by atoms with Crippen LogP contribution in [0.1, 0.15) is 31.1 Å². The van der Waals surface area contributed by atoms with Gasteiger partial charge in [-0.3, -0.25) is 25.2 Å². The average Bonchev–Trinajstić information content (AvgIpc) is 3.38. The third-order valence-electron chi connectivity index (χ3n) is 5.23. The van der Waals surface area contributed by atoms with E-state index in [1.807, 2.05) is 0 Å². The number of carbonyl (C=O) groups excluding carboxylic acids is 3. The standard InChI is InChI=1S/C25H23N3O8/c1-32-20-11-16(12-21(33-2)22(20)34-3)23(29)26-17-6-4-5-14(9-17)24(30)27-28-25(31)15-7-8-18-19(10-15)36-13-35-18/h4-12H,13H2,1-3H3,(H,26,29)(H,27,30)(H,28,31). The van der Waals surface area contributed by atoms with Crippen LogP contribution in [0.4, 0.5) is 5.69 Å². The van der Waals surface area contributed by atoms with E-state index >= 15 is 0 Å². The molecular weight excluding hydrogens is 470 g/mol. The van der Waals surface area contributed by atoms with Gasteiger partial charge in [0.05, 0.1) is 21.3 Å². The molecule has 0 spiro atoms. The van der Waals surface area contributed by atoms with Crippen LogP contribution in [0.25, 0.3) is 0 Å². The number of fused-ring (bicyclic) bond motifs is 1. The van der Waals surface area contributed by atoms with Gasteiger partial charge in [0, 0.05) is 22.4 Å². The van der Waals surface area contributed by atoms with E-state index in [1.165, 1.54) is 51.7 Å². The summed E-state index contributed by atoms with van der Waals surface area (Å²) in [5, 5.41) is 2.72. The quantitative estimate of drug-likeness (QED) is 0.428. The molecule has 0 saturated carbocycles. The number of hydrazine groups is 1. The lowest BCUT2D eigenvalue weighted by molar-refractivity contribution is 0.0846. The molecule has 0 radical (unpaired) electrons. The molecule has 0 aromatic heterocycles. The minimum Gasteiger partial charge on any atom is -0.493 e. The van der Waals surface area contributed by atoms with Crippen molar-refractivity contribution < 1.29 is 38.1 Å². The van der Waals surface area contributed by atoms with Gasteiger partial charge in [-0.1, -0.05) is 6.07 Å². The molecule has 4 rings (SSSR count). The Balaban J connectivity index is 1.41. The molecule has 0 saturated heterocycles. The Labute approximate surface area is 206 Å². The summed E-state index contributed by atoms with van der Waals surface area (Å²) in [5.41, 5.74) is 5.82. The van der Waals surface area contributed by atoms with Gasteiger partial charge in [-0.2, -0.15) is 0 Å². The first kappa shape index (κ1) is 24.2. The second kappa shape index (κ2) is 10.6. The maximum absolute atomic E-state index is 12.8. The highest BCUT2D eigenvalue weighted by molar-refractivity contribution is 6.06. The Morgan fingerprint density at radius 2 is 1.33 bits per heavy atom. The van der Waals surface area contributed by atoms with Crippen LogP contribution in [-0.4, -0.2) is 45.8 Å². The van der Waals surface area contributed by atoms with Crippen molar-refractivity contribution in [3.05, 3.63) is 71.3 Å². The molecule has 0 aliphatic carbocycles. The highest BCUT2D eigenvalue weighted by atomic mass is 16.7. The SMILES string of the molecule is COc1cc(C(=O)Nc2cccc(C(=O)NNC(=O)c3ccc4c(c3)OCO4)c2)cc(OC)c1OC. The van der Waals surface area contributed by atoms with Crippen molar-refractivity contribution >= 4 is 23.4 Å². The normalized spacial score (nSPS) is 11.3. The largest absolute Gasteiger partial charge is 0.493 e. The number of carbonyl (C=O) groups is 3. The first-order valence-electron chi connectivity index (χ1n) is 10.6. The van der Waals surface area contributed by atoms with E-state index in [1.54, 1.807) is 24.3 Å². The fraction of sp³-hybridized carbons (Fsp3) is 0.160. The summed E-state index contributed by atoms with van der Waals surface area (Å²) in [5.74, 6) is 0.439. The van der Waals surface area contributed by atoms with Crippen LogP contribution in [0.2, 0.25) is 0 Å². The summed E-state index contributed by atoms with van der Waals surface area (Å²) in [7, 11) is 4.37. The lowest BCUT2D eigenvalue weighted by Crippen LogP contribution is -2.41. The molecule has 3 N–H and O–H groups in total. The zero-order valence-corrected chi connectivity index (χ0v) is 19.7. The molecule has 11 nitrogen and oxygen atoms in total. The highest BCUT2D eigenvalue weighted by Crippen LogP contribution is 2.38. The molecule has 186 valence electrons. The van der Waals surface area contributed by atoms with Gasteiger partial charge in [0.15, 0.2) is 23.0 Å². The first-order chi connectivity index (χ1) is 17.4. The van der Waals surface area contributed by atoms with Gasteiger partial charge < -0.3 is 29.0 Å². The van der Waals surface area contributed by atoms with Gasteiger partial charge in [0.25, 0.3) is 17.7 Å². The number of amides is 3. The zero-order valence-electron chi connectivity index (χ0n) is 19.7. The molecule has 1 aliphatic heterocycles. The van der Waals surface area contributed by atoms with Crippen LogP contribution in [0, 0.1) is 0 Å². The molecule has 3 aromatic rings. The first-order valence-corrected chi connectivity index (χ1v) is 10.6. The molecule has 11 heteroatoms. The van der Waals surface area contributed by atoms with E-state index in [-0.39, 0.29) is 23.5 Å². The summed E-state index contributed by atoms with van der Waals surface area (Å²) < 4.78 is 26.3. The van der Waals surface area contributed by atoms with Crippen molar-refractivity contribution in [3.8, 4) is 28.7 Å². The van der Waals surface area contributed by atoms with E-state index in [0.29, 0.717) is 34.4 Å². The maximum atomic E-state index is 12.8. The Kier molecular flexibility index (Phi) is 7.10. The molecule has 0 bridgehead atoms. The summed E-state index contributed by atoms with van der Waals surface area (Å²) in [4.78, 5) is 37.8. The molecule has 0 atom stereocenters. The average molecular weight is 493 g/mol. The van der Waals surface area contributed by atoms with Crippen molar-refractivity contribution in [1.29, 1.82) is 0 Å². The summed E-state index contributed by atoms with van der Waals surface area (Å²) in [6, 6.07) is 13.9. The highest BCUT2D eigenvalue weighted by Gasteiger charge is 2.19. The maximum Gasteiger partial charge on any atom is 0.269 e. The summed E-state index contributed by atoms with van der Waals surface area (Å²) in [6.07, 6.45) is 0. The number of benzene rings is 3. The summed E-state index contributed by atoms with van der Waals surface area (Å²) >= 11 is 0. The van der Waals surface area contributed by atoms with Crippen molar-refractivity contribution in [2.75, 3.05) is 33.4 Å². The molecule has 1 heterocycles. The second-order valence-electron chi connectivity index (χ2n) is 7.43. The second-order valence-corrected chi connectivity index (χ2v) is 7.43. The fourth-order valence-electron chi connectivity index (χ4n) is 3.45.